The summed E-state index contributed by atoms with van der Waals surface area (Å²) in [5.41, 5.74) is 6.73. The van der Waals surface area contributed by atoms with Crippen LogP contribution in [0.15, 0.2) is 24.5 Å². The van der Waals surface area contributed by atoms with Crippen molar-refractivity contribution in [3.63, 3.8) is 0 Å². The van der Waals surface area contributed by atoms with Gasteiger partial charge < -0.3 is 10.6 Å². The van der Waals surface area contributed by atoms with Gasteiger partial charge in [-0.25, -0.2) is 0 Å². The van der Waals surface area contributed by atoms with Crippen molar-refractivity contribution in [1.82, 2.24) is 9.88 Å². The molecule has 1 atom stereocenters. The highest BCUT2D eigenvalue weighted by Crippen LogP contribution is 2.14. The van der Waals surface area contributed by atoms with Crippen molar-refractivity contribution in [2.45, 2.75) is 26.8 Å². The molecule has 2 N–H and O–H groups in total. The van der Waals surface area contributed by atoms with E-state index in [1.807, 2.05) is 19.2 Å². The average molecular weight is 249 g/mol. The summed E-state index contributed by atoms with van der Waals surface area (Å²) in [7, 11) is 1.82. The largest absolute Gasteiger partial charge is 0.341 e. The second kappa shape index (κ2) is 7.11. The van der Waals surface area contributed by atoms with Crippen LogP contribution in [0.5, 0.6) is 0 Å². The van der Waals surface area contributed by atoms with Crippen LogP contribution in [0.1, 0.15) is 25.8 Å². The van der Waals surface area contributed by atoms with E-state index >= 15 is 0 Å². The summed E-state index contributed by atoms with van der Waals surface area (Å²) in [5.74, 6) is 0.524. The minimum atomic E-state index is -0.0772. The van der Waals surface area contributed by atoms with Crippen molar-refractivity contribution in [1.29, 1.82) is 0 Å². The molecule has 1 rings (SSSR count). The molecular weight excluding hydrogens is 226 g/mol. The number of nitrogens with two attached hydrogens (primary N) is 1. The molecule has 0 saturated carbocycles. The van der Waals surface area contributed by atoms with Crippen LogP contribution in [-0.4, -0.2) is 29.4 Å². The number of pyridine rings is 1. The van der Waals surface area contributed by atoms with Crippen LogP contribution in [0.2, 0.25) is 0 Å². The number of aromatic nitrogens is 1. The highest BCUT2D eigenvalue weighted by atomic mass is 16.2. The van der Waals surface area contributed by atoms with E-state index in [0.717, 1.165) is 12.0 Å². The highest BCUT2D eigenvalue weighted by molar-refractivity contribution is 5.78. The van der Waals surface area contributed by atoms with Gasteiger partial charge in [-0.2, -0.15) is 0 Å². The first-order chi connectivity index (χ1) is 8.54. The molecular formula is C14H23N3O. The van der Waals surface area contributed by atoms with E-state index < -0.39 is 0 Å². The summed E-state index contributed by atoms with van der Waals surface area (Å²) in [6, 6.07) is 3.85. The van der Waals surface area contributed by atoms with Gasteiger partial charge in [-0.3, -0.25) is 9.78 Å². The van der Waals surface area contributed by atoms with E-state index in [4.69, 9.17) is 5.73 Å². The quantitative estimate of drug-likeness (QED) is 0.834. The Morgan fingerprint density at radius 3 is 2.72 bits per heavy atom. The second-order valence-corrected chi connectivity index (χ2v) is 5.12. The maximum absolute atomic E-state index is 12.2. The minimum absolute atomic E-state index is 0.0772. The smallest absolute Gasteiger partial charge is 0.227 e. The zero-order valence-electron chi connectivity index (χ0n) is 11.5. The van der Waals surface area contributed by atoms with Crippen LogP contribution in [0.25, 0.3) is 0 Å². The second-order valence-electron chi connectivity index (χ2n) is 5.12. The van der Waals surface area contributed by atoms with Gasteiger partial charge in [0, 0.05) is 32.5 Å². The van der Waals surface area contributed by atoms with Crippen LogP contribution < -0.4 is 5.73 Å². The van der Waals surface area contributed by atoms with Crippen molar-refractivity contribution in [2.24, 2.45) is 17.6 Å². The maximum Gasteiger partial charge on any atom is 0.227 e. The van der Waals surface area contributed by atoms with E-state index in [0.29, 0.717) is 19.0 Å². The maximum atomic E-state index is 12.2. The summed E-state index contributed by atoms with van der Waals surface area (Å²) in [6.07, 6.45) is 4.35. The first kappa shape index (κ1) is 14.6. The fourth-order valence-corrected chi connectivity index (χ4v) is 2.02. The molecule has 0 aliphatic carbocycles. The molecule has 0 bridgehead atoms. The summed E-state index contributed by atoms with van der Waals surface area (Å²) >= 11 is 0. The lowest BCUT2D eigenvalue weighted by molar-refractivity contribution is -0.134. The van der Waals surface area contributed by atoms with Crippen LogP contribution in [0.4, 0.5) is 0 Å². The normalized spacial score (nSPS) is 12.5. The number of hydrogen-bond acceptors (Lipinski definition) is 3. The zero-order valence-corrected chi connectivity index (χ0v) is 11.5. The summed E-state index contributed by atoms with van der Waals surface area (Å²) in [5, 5.41) is 0. The molecule has 0 aliphatic heterocycles. The monoisotopic (exact) mass is 249 g/mol. The van der Waals surface area contributed by atoms with Crippen LogP contribution in [-0.2, 0) is 11.3 Å². The highest BCUT2D eigenvalue weighted by Gasteiger charge is 2.21. The molecule has 1 aromatic rings. The minimum Gasteiger partial charge on any atom is -0.341 e. The summed E-state index contributed by atoms with van der Waals surface area (Å²) in [4.78, 5) is 18.0. The lowest BCUT2D eigenvalue weighted by Crippen LogP contribution is -2.37. The molecule has 100 valence electrons. The number of nitrogens with zero attached hydrogens (tertiary/aromatic N) is 2. The van der Waals surface area contributed by atoms with Gasteiger partial charge in [-0.05, 0) is 24.0 Å². The molecule has 0 aliphatic rings. The molecule has 4 nitrogen and oxygen atoms in total. The Hall–Kier alpha value is -1.42. The van der Waals surface area contributed by atoms with Crippen LogP contribution in [0.3, 0.4) is 0 Å². The number of carbonyl (C=O) groups is 1. The Balaban J connectivity index is 2.59. The molecule has 0 saturated heterocycles. The molecule has 0 spiro atoms. The van der Waals surface area contributed by atoms with Gasteiger partial charge in [-0.15, -0.1) is 0 Å². The molecule has 0 aromatic carbocycles. The standard InChI is InChI=1S/C14H23N3O/c1-11(2)7-13(8-15)14(18)17(3)10-12-5-4-6-16-9-12/h4-6,9,11,13H,7-8,10,15H2,1-3H3. The Morgan fingerprint density at radius 1 is 1.50 bits per heavy atom. The molecule has 1 heterocycles. The molecule has 1 amide bonds. The van der Waals surface area contributed by atoms with Gasteiger partial charge in [0.2, 0.25) is 5.91 Å². The predicted octanol–water partition coefficient (Wildman–Crippen LogP) is 1.66. The topological polar surface area (TPSA) is 59.2 Å². The fourth-order valence-electron chi connectivity index (χ4n) is 2.02. The van der Waals surface area contributed by atoms with E-state index in [2.05, 4.69) is 18.8 Å². The Kier molecular flexibility index (Phi) is 5.78. The van der Waals surface area contributed by atoms with Gasteiger partial charge in [0.15, 0.2) is 0 Å². The van der Waals surface area contributed by atoms with E-state index in [-0.39, 0.29) is 11.8 Å². The molecule has 0 fully saturated rings. The van der Waals surface area contributed by atoms with Gasteiger partial charge >= 0.3 is 0 Å². The summed E-state index contributed by atoms with van der Waals surface area (Å²) in [6.45, 7) is 5.21. The lowest BCUT2D eigenvalue weighted by atomic mass is 9.96. The number of rotatable bonds is 6. The van der Waals surface area contributed by atoms with Crippen LogP contribution in [0, 0.1) is 11.8 Å². The lowest BCUT2D eigenvalue weighted by Gasteiger charge is -2.24. The van der Waals surface area contributed by atoms with E-state index in [1.165, 1.54) is 0 Å². The van der Waals surface area contributed by atoms with Crippen molar-refractivity contribution < 1.29 is 4.79 Å². The van der Waals surface area contributed by atoms with Gasteiger partial charge in [0.25, 0.3) is 0 Å². The van der Waals surface area contributed by atoms with Crippen molar-refractivity contribution >= 4 is 5.91 Å². The third-order valence-electron chi connectivity index (χ3n) is 2.91. The SMILES string of the molecule is CC(C)CC(CN)C(=O)N(C)Cc1cccnc1. The molecule has 4 heteroatoms. The zero-order chi connectivity index (χ0) is 13.5. The molecule has 18 heavy (non-hydrogen) atoms. The number of carbonyl (C=O) groups excluding carboxylic acids is 1. The Labute approximate surface area is 109 Å². The van der Waals surface area contributed by atoms with Crippen LogP contribution >= 0.6 is 0 Å². The number of amides is 1. The van der Waals surface area contributed by atoms with E-state index in [9.17, 15) is 4.79 Å². The third-order valence-corrected chi connectivity index (χ3v) is 2.91. The molecule has 0 radical (unpaired) electrons. The Morgan fingerprint density at radius 2 is 2.22 bits per heavy atom. The van der Waals surface area contributed by atoms with Gasteiger partial charge in [0.05, 0.1) is 5.92 Å². The van der Waals surface area contributed by atoms with Crippen molar-refractivity contribution in [2.75, 3.05) is 13.6 Å². The van der Waals surface area contributed by atoms with Gasteiger partial charge in [0.1, 0.15) is 0 Å². The Bertz CT molecular complexity index is 365. The molecule has 1 aromatic heterocycles. The third kappa shape index (κ3) is 4.45. The molecule has 1 unspecified atom stereocenters. The fraction of sp³-hybridized carbons (Fsp3) is 0.571. The predicted molar refractivity (Wildman–Crippen MR) is 72.7 cm³/mol. The van der Waals surface area contributed by atoms with Gasteiger partial charge in [-0.1, -0.05) is 19.9 Å². The van der Waals surface area contributed by atoms with Crippen molar-refractivity contribution in [3.8, 4) is 0 Å². The average Bonchev–Trinajstić information content (AvgIpc) is 2.36. The van der Waals surface area contributed by atoms with E-state index in [1.54, 1.807) is 17.3 Å². The summed E-state index contributed by atoms with van der Waals surface area (Å²) < 4.78 is 0. The van der Waals surface area contributed by atoms with Crippen molar-refractivity contribution in [3.05, 3.63) is 30.1 Å². The number of hydrogen-bond donors (Lipinski definition) is 1. The first-order valence-corrected chi connectivity index (χ1v) is 6.38. The first-order valence-electron chi connectivity index (χ1n) is 6.38.